The molecule has 0 amide bonds. The van der Waals surface area contributed by atoms with E-state index in [0.29, 0.717) is 5.82 Å². The Balaban J connectivity index is 2.24. The molecule has 1 aliphatic rings. The van der Waals surface area contributed by atoms with E-state index in [1.807, 2.05) is 24.3 Å². The first-order valence-corrected chi connectivity index (χ1v) is 8.33. The first-order valence-electron chi connectivity index (χ1n) is 5.71. The van der Waals surface area contributed by atoms with Crippen LogP contribution in [0.4, 0.5) is 0 Å². The fraction of sp³-hybridized carbons (Fsp3) is 0.273. The molecule has 6 nitrogen and oxygen atoms in total. The van der Waals surface area contributed by atoms with Gasteiger partial charge in [0, 0.05) is 15.2 Å². The molecule has 1 fully saturated rings. The minimum Gasteiger partial charge on any atom is -0.294 e. The maximum absolute atomic E-state index is 11.6. The van der Waals surface area contributed by atoms with Gasteiger partial charge in [-0.15, -0.1) is 10.2 Å². The first kappa shape index (κ1) is 13.0. The van der Waals surface area contributed by atoms with Gasteiger partial charge in [-0.2, -0.15) is 0 Å². The molecule has 0 bridgehead atoms. The molecule has 0 unspecified atom stereocenters. The summed E-state index contributed by atoms with van der Waals surface area (Å²) in [5, 5.41) is 12.8. The average Bonchev–Trinajstić information content (AvgIpc) is 3.07. The zero-order valence-corrected chi connectivity index (χ0v) is 12.8. The van der Waals surface area contributed by atoms with Crippen molar-refractivity contribution in [2.24, 2.45) is 5.14 Å². The molecule has 2 aromatic rings. The fourth-order valence-electron chi connectivity index (χ4n) is 1.96. The molecule has 2 N–H and O–H groups in total. The van der Waals surface area contributed by atoms with Gasteiger partial charge in [-0.3, -0.25) is 4.57 Å². The number of hydrogen-bond donors (Lipinski definition) is 1. The van der Waals surface area contributed by atoms with Crippen LogP contribution in [0.2, 0.25) is 0 Å². The number of aromatic nitrogens is 3. The predicted molar refractivity (Wildman–Crippen MR) is 77.8 cm³/mol. The van der Waals surface area contributed by atoms with Crippen LogP contribution in [0.3, 0.4) is 0 Å². The number of benzene rings is 1. The lowest BCUT2D eigenvalue weighted by molar-refractivity contribution is 0.567. The molecular formula is C11H11IN4O2S. The molecule has 100 valence electrons. The van der Waals surface area contributed by atoms with Crippen LogP contribution in [0.15, 0.2) is 29.4 Å². The Morgan fingerprint density at radius 1 is 1.26 bits per heavy atom. The summed E-state index contributed by atoms with van der Waals surface area (Å²) in [5.74, 6) is 0.566. The Morgan fingerprint density at radius 2 is 1.95 bits per heavy atom. The number of primary sulfonamides is 1. The van der Waals surface area contributed by atoms with Crippen LogP contribution in [0.5, 0.6) is 0 Å². The van der Waals surface area contributed by atoms with Crippen LogP contribution in [0, 0.1) is 3.57 Å². The van der Waals surface area contributed by atoms with Gasteiger partial charge in [0.1, 0.15) is 0 Å². The van der Waals surface area contributed by atoms with E-state index in [4.69, 9.17) is 5.14 Å². The molecule has 1 heterocycles. The summed E-state index contributed by atoms with van der Waals surface area (Å²) in [4.78, 5) is 0. The second-order valence-corrected chi connectivity index (χ2v) is 7.05. The van der Waals surface area contributed by atoms with Gasteiger partial charge in [0.15, 0.2) is 5.82 Å². The topological polar surface area (TPSA) is 90.9 Å². The smallest absolute Gasteiger partial charge is 0.273 e. The highest BCUT2D eigenvalue weighted by atomic mass is 127. The van der Waals surface area contributed by atoms with Crippen LogP contribution in [-0.4, -0.2) is 23.2 Å². The summed E-state index contributed by atoms with van der Waals surface area (Å²) in [5.41, 5.74) is 0.873. The number of sulfonamides is 1. The Labute approximate surface area is 124 Å². The molecule has 19 heavy (non-hydrogen) atoms. The number of rotatable bonds is 3. The second kappa shape index (κ2) is 4.53. The Bertz CT molecular complexity index is 737. The van der Waals surface area contributed by atoms with Gasteiger partial charge in [0.25, 0.3) is 15.2 Å². The molecule has 3 rings (SSSR count). The highest BCUT2D eigenvalue weighted by Gasteiger charge is 2.33. The molecule has 0 aliphatic heterocycles. The SMILES string of the molecule is NS(=O)(=O)c1nnc(-c2ccccc2I)n1C1CC1. The zero-order valence-electron chi connectivity index (χ0n) is 9.82. The van der Waals surface area contributed by atoms with E-state index in [-0.39, 0.29) is 11.2 Å². The maximum atomic E-state index is 11.6. The van der Waals surface area contributed by atoms with Crippen molar-refractivity contribution in [3.63, 3.8) is 0 Å². The van der Waals surface area contributed by atoms with Crippen LogP contribution < -0.4 is 5.14 Å². The highest BCUT2D eigenvalue weighted by Crippen LogP contribution is 2.40. The van der Waals surface area contributed by atoms with Gasteiger partial charge >= 0.3 is 0 Å². The lowest BCUT2D eigenvalue weighted by atomic mass is 10.2. The Morgan fingerprint density at radius 3 is 2.53 bits per heavy atom. The molecule has 0 spiro atoms. The monoisotopic (exact) mass is 390 g/mol. The van der Waals surface area contributed by atoms with Crippen molar-refractivity contribution in [2.45, 2.75) is 24.0 Å². The third-order valence-electron chi connectivity index (χ3n) is 2.95. The molecule has 1 aromatic heterocycles. The van der Waals surface area contributed by atoms with E-state index < -0.39 is 10.0 Å². The Kier molecular flexibility index (Phi) is 3.10. The molecule has 0 saturated heterocycles. The molecule has 0 atom stereocenters. The van der Waals surface area contributed by atoms with Gasteiger partial charge in [0.05, 0.1) is 0 Å². The van der Waals surface area contributed by atoms with Crippen molar-refractivity contribution in [3.05, 3.63) is 27.8 Å². The normalized spacial score (nSPS) is 15.7. The van der Waals surface area contributed by atoms with Gasteiger partial charge < -0.3 is 0 Å². The summed E-state index contributed by atoms with van der Waals surface area (Å²) >= 11 is 2.19. The number of hydrogen-bond acceptors (Lipinski definition) is 4. The molecule has 1 aromatic carbocycles. The summed E-state index contributed by atoms with van der Waals surface area (Å²) in [6.07, 6.45) is 1.86. The van der Waals surface area contributed by atoms with E-state index in [1.165, 1.54) is 0 Å². The molecule has 8 heteroatoms. The van der Waals surface area contributed by atoms with Crippen molar-refractivity contribution in [1.29, 1.82) is 0 Å². The average molecular weight is 390 g/mol. The van der Waals surface area contributed by atoms with Crippen LogP contribution >= 0.6 is 22.6 Å². The van der Waals surface area contributed by atoms with Crippen molar-refractivity contribution < 1.29 is 8.42 Å². The first-order chi connectivity index (χ1) is 8.98. The number of nitrogens with zero attached hydrogens (tertiary/aromatic N) is 3. The third-order valence-corrected chi connectivity index (χ3v) is 4.67. The summed E-state index contributed by atoms with van der Waals surface area (Å²) < 4.78 is 25.8. The van der Waals surface area contributed by atoms with Crippen molar-refractivity contribution in [3.8, 4) is 11.4 Å². The van der Waals surface area contributed by atoms with Gasteiger partial charge in [-0.05, 0) is 41.5 Å². The summed E-state index contributed by atoms with van der Waals surface area (Å²) in [7, 11) is -3.85. The standard InChI is InChI=1S/C11H11IN4O2S/c12-9-4-2-1-3-8(9)10-14-15-11(19(13,17)18)16(10)7-5-6-7/h1-4,7H,5-6H2,(H2,13,17,18). The second-order valence-electron chi connectivity index (χ2n) is 4.43. The van der Waals surface area contributed by atoms with Crippen molar-refractivity contribution in [1.82, 2.24) is 14.8 Å². The molecule has 0 radical (unpaired) electrons. The lowest BCUT2D eigenvalue weighted by Gasteiger charge is -2.08. The predicted octanol–water partition coefficient (Wildman–Crippen LogP) is 1.53. The third kappa shape index (κ3) is 2.39. The lowest BCUT2D eigenvalue weighted by Crippen LogP contribution is -2.18. The van der Waals surface area contributed by atoms with Gasteiger partial charge in [-0.25, -0.2) is 13.6 Å². The van der Waals surface area contributed by atoms with Gasteiger partial charge in [0.2, 0.25) is 0 Å². The Hall–Kier alpha value is -1.000. The summed E-state index contributed by atoms with van der Waals surface area (Å²) in [6, 6.07) is 7.79. The van der Waals surface area contributed by atoms with E-state index in [1.54, 1.807) is 4.57 Å². The van der Waals surface area contributed by atoms with Crippen molar-refractivity contribution in [2.75, 3.05) is 0 Å². The van der Waals surface area contributed by atoms with E-state index >= 15 is 0 Å². The van der Waals surface area contributed by atoms with Crippen LogP contribution in [0.25, 0.3) is 11.4 Å². The quantitative estimate of drug-likeness (QED) is 0.805. The molecule has 1 saturated carbocycles. The number of nitrogens with two attached hydrogens (primary N) is 1. The van der Waals surface area contributed by atoms with Crippen molar-refractivity contribution >= 4 is 32.6 Å². The van der Waals surface area contributed by atoms with Crippen LogP contribution in [0.1, 0.15) is 18.9 Å². The summed E-state index contributed by atoms with van der Waals surface area (Å²) in [6.45, 7) is 0. The fourth-order valence-corrected chi connectivity index (χ4v) is 3.25. The highest BCUT2D eigenvalue weighted by molar-refractivity contribution is 14.1. The minimum atomic E-state index is -3.85. The zero-order chi connectivity index (χ0) is 13.6. The molecule has 1 aliphatic carbocycles. The largest absolute Gasteiger partial charge is 0.294 e. The maximum Gasteiger partial charge on any atom is 0.273 e. The number of halogens is 1. The van der Waals surface area contributed by atoms with E-state index in [2.05, 4.69) is 32.8 Å². The van der Waals surface area contributed by atoms with E-state index in [9.17, 15) is 8.42 Å². The van der Waals surface area contributed by atoms with Gasteiger partial charge in [-0.1, -0.05) is 18.2 Å². The molecular weight excluding hydrogens is 379 g/mol. The minimum absolute atomic E-state index is 0.134. The van der Waals surface area contributed by atoms with Crippen LogP contribution in [-0.2, 0) is 10.0 Å². The van der Waals surface area contributed by atoms with E-state index in [0.717, 1.165) is 22.0 Å².